The normalized spacial score (nSPS) is 22.4. The van der Waals surface area contributed by atoms with Crippen LogP contribution in [0.4, 0.5) is 13.2 Å². The minimum atomic E-state index is -5.92. The first-order valence-corrected chi connectivity index (χ1v) is 15.6. The van der Waals surface area contributed by atoms with Gasteiger partial charge in [0.15, 0.2) is 6.29 Å². The highest BCUT2D eigenvalue weighted by molar-refractivity contribution is 7.87. The van der Waals surface area contributed by atoms with Crippen LogP contribution < -0.4 is 0 Å². The molecule has 0 spiro atoms. The molecule has 0 unspecified atom stereocenters. The Bertz CT molecular complexity index is 1620. The van der Waals surface area contributed by atoms with Gasteiger partial charge in [0.05, 0.1) is 26.4 Å². The van der Waals surface area contributed by atoms with Crippen LogP contribution in [0.5, 0.6) is 0 Å². The van der Waals surface area contributed by atoms with Crippen molar-refractivity contribution in [3.63, 3.8) is 0 Å². The Labute approximate surface area is 259 Å². The van der Waals surface area contributed by atoms with E-state index in [1.807, 2.05) is 103 Å². The molecule has 1 aliphatic heterocycles. The minimum Gasteiger partial charge on any atom is -0.368 e. The highest BCUT2D eigenvalue weighted by Crippen LogP contribution is 2.33. The molecule has 0 N–H and O–H groups in total. The lowest BCUT2D eigenvalue weighted by Crippen LogP contribution is -2.61. The van der Waals surface area contributed by atoms with Crippen LogP contribution in [0.3, 0.4) is 0 Å². The summed E-state index contributed by atoms with van der Waals surface area (Å²) >= 11 is 0. The summed E-state index contributed by atoms with van der Waals surface area (Å²) in [6.45, 7) is -0.755. The second-order valence-corrected chi connectivity index (χ2v) is 12.0. The number of halogens is 3. The van der Waals surface area contributed by atoms with Crippen molar-refractivity contribution in [3.8, 4) is 0 Å². The minimum absolute atomic E-state index is 0.00956. The first-order chi connectivity index (χ1) is 21.6. The summed E-state index contributed by atoms with van der Waals surface area (Å²) in [6, 6.07) is 32.1. The van der Waals surface area contributed by atoms with E-state index in [9.17, 15) is 21.6 Å². The van der Waals surface area contributed by atoms with Crippen molar-refractivity contribution in [1.82, 2.24) is 0 Å². The van der Waals surface area contributed by atoms with E-state index in [2.05, 4.69) is 4.18 Å². The van der Waals surface area contributed by atoms with Crippen LogP contribution in [0, 0.1) is 0 Å². The number of benzene rings is 4. The van der Waals surface area contributed by atoms with E-state index in [-0.39, 0.29) is 19.8 Å². The molecule has 1 aliphatic rings. The summed E-state index contributed by atoms with van der Waals surface area (Å²) in [7, 11) is -4.57. The molecule has 0 amide bonds. The monoisotopic (exact) mass is 646 g/mol. The summed E-state index contributed by atoms with van der Waals surface area (Å²) < 4.78 is 98.1. The van der Waals surface area contributed by atoms with Crippen LogP contribution in [-0.4, -0.2) is 58.3 Å². The van der Waals surface area contributed by atoms with Gasteiger partial charge in [-0.05, 0) is 33.5 Å². The average molecular weight is 647 g/mol. The van der Waals surface area contributed by atoms with Crippen LogP contribution in [-0.2, 0) is 57.8 Å². The summed E-state index contributed by atoms with van der Waals surface area (Å²) in [6.07, 6.45) is -5.52. The number of ether oxygens (including phenoxy) is 5. The van der Waals surface area contributed by atoms with Crippen LogP contribution in [0.2, 0.25) is 0 Å². The summed E-state index contributed by atoms with van der Waals surface area (Å²) in [5, 5.41) is 1.99. The lowest BCUT2D eigenvalue weighted by atomic mass is 9.98. The Kier molecular flexibility index (Phi) is 10.9. The molecule has 45 heavy (non-hydrogen) atoms. The summed E-state index contributed by atoms with van der Waals surface area (Å²) in [5.41, 5.74) is -3.17. The molecule has 240 valence electrons. The van der Waals surface area contributed by atoms with E-state index < -0.39 is 52.9 Å². The van der Waals surface area contributed by atoms with Gasteiger partial charge < -0.3 is 23.7 Å². The Morgan fingerprint density at radius 2 is 1.20 bits per heavy atom. The van der Waals surface area contributed by atoms with Gasteiger partial charge >= 0.3 is 15.6 Å². The lowest BCUT2D eigenvalue weighted by Gasteiger charge is -2.45. The number of methoxy groups -OCH3 is 1. The predicted octanol–water partition coefficient (Wildman–Crippen LogP) is 6.13. The van der Waals surface area contributed by atoms with Crippen molar-refractivity contribution < 1.29 is 49.5 Å². The smallest absolute Gasteiger partial charge is 0.368 e. The van der Waals surface area contributed by atoms with E-state index in [0.29, 0.717) is 0 Å². The van der Waals surface area contributed by atoms with Gasteiger partial charge in [-0.3, -0.25) is 4.18 Å². The maximum absolute atomic E-state index is 13.2. The molecule has 5 atom stereocenters. The molecule has 0 saturated carbocycles. The molecule has 1 saturated heterocycles. The third-order valence-electron chi connectivity index (χ3n) is 7.32. The fraction of sp³-hybridized carbons (Fsp3) is 0.333. The largest absolute Gasteiger partial charge is 0.523 e. The Hall–Kier alpha value is -3.36. The fourth-order valence-corrected chi connectivity index (χ4v) is 5.49. The van der Waals surface area contributed by atoms with Gasteiger partial charge in [0.2, 0.25) is 0 Å². The maximum atomic E-state index is 13.2. The van der Waals surface area contributed by atoms with Gasteiger partial charge in [0.1, 0.15) is 24.4 Å². The molecule has 0 aliphatic carbocycles. The number of rotatable bonds is 13. The van der Waals surface area contributed by atoms with Crippen LogP contribution >= 0.6 is 0 Å². The van der Waals surface area contributed by atoms with Crippen molar-refractivity contribution in [2.24, 2.45) is 0 Å². The van der Waals surface area contributed by atoms with Gasteiger partial charge in [0, 0.05) is 7.11 Å². The molecule has 5 rings (SSSR count). The first kappa shape index (κ1) is 33.0. The van der Waals surface area contributed by atoms with Crippen LogP contribution in [0.25, 0.3) is 10.8 Å². The number of alkyl halides is 3. The van der Waals surface area contributed by atoms with Gasteiger partial charge in [-0.2, -0.15) is 21.6 Å². The SMILES string of the molecule is CO[C@H]1O[C@H](COS(=O)(=O)C(F)(F)F)[C@@H](OCc2ccc3ccccc3c2)[C@H](OCc2ccccc2)[C@H]1OCc1ccccc1. The summed E-state index contributed by atoms with van der Waals surface area (Å²) in [4.78, 5) is 0. The molecule has 0 bridgehead atoms. The first-order valence-electron chi connectivity index (χ1n) is 14.2. The second kappa shape index (κ2) is 14.8. The zero-order valence-electron chi connectivity index (χ0n) is 24.3. The zero-order chi connectivity index (χ0) is 31.9. The van der Waals surface area contributed by atoms with E-state index in [1.54, 1.807) is 0 Å². The van der Waals surface area contributed by atoms with Crippen molar-refractivity contribution in [2.75, 3.05) is 13.7 Å². The van der Waals surface area contributed by atoms with Crippen molar-refractivity contribution in [2.45, 2.75) is 56.0 Å². The van der Waals surface area contributed by atoms with E-state index in [0.717, 1.165) is 27.5 Å². The van der Waals surface area contributed by atoms with Crippen LogP contribution in [0.15, 0.2) is 103 Å². The molecular formula is C33H33F3O8S. The molecule has 0 aromatic heterocycles. The zero-order valence-corrected chi connectivity index (χ0v) is 25.2. The van der Waals surface area contributed by atoms with Crippen molar-refractivity contribution >= 4 is 20.9 Å². The number of fused-ring (bicyclic) bond motifs is 1. The van der Waals surface area contributed by atoms with E-state index in [4.69, 9.17) is 23.7 Å². The van der Waals surface area contributed by atoms with Gasteiger partial charge in [0.25, 0.3) is 0 Å². The Balaban J connectivity index is 1.46. The summed E-state index contributed by atoms with van der Waals surface area (Å²) in [5.74, 6) is 0. The third kappa shape index (κ3) is 8.47. The Morgan fingerprint density at radius 1 is 0.667 bits per heavy atom. The number of hydrogen-bond donors (Lipinski definition) is 0. The van der Waals surface area contributed by atoms with Gasteiger partial charge in [-0.15, -0.1) is 0 Å². The average Bonchev–Trinajstić information content (AvgIpc) is 3.05. The van der Waals surface area contributed by atoms with E-state index >= 15 is 0 Å². The number of hydrogen-bond acceptors (Lipinski definition) is 8. The van der Waals surface area contributed by atoms with Crippen molar-refractivity contribution in [3.05, 3.63) is 120 Å². The predicted molar refractivity (Wildman–Crippen MR) is 159 cm³/mol. The fourth-order valence-electron chi connectivity index (χ4n) is 5.05. The lowest BCUT2D eigenvalue weighted by molar-refractivity contribution is -0.320. The standard InChI is InChI=1S/C33H33F3O8S/c1-39-32-31(42-20-24-12-6-3-7-13-24)30(41-19-23-10-4-2-5-11-23)29(28(44-32)22-43-45(37,38)33(34,35)36)40-21-25-16-17-26-14-8-9-15-27(26)18-25/h2-18,28-32H,19-22H2,1H3/t28-,29-,30+,31-,32+/m1/s1. The highest BCUT2D eigenvalue weighted by Gasteiger charge is 2.52. The van der Waals surface area contributed by atoms with Crippen LogP contribution in [0.1, 0.15) is 16.7 Å². The topological polar surface area (TPSA) is 89.5 Å². The van der Waals surface area contributed by atoms with Gasteiger partial charge in [-0.1, -0.05) is 97.1 Å². The second-order valence-electron chi connectivity index (χ2n) is 10.4. The molecule has 4 aromatic carbocycles. The Morgan fingerprint density at radius 3 is 1.80 bits per heavy atom. The van der Waals surface area contributed by atoms with Crippen molar-refractivity contribution in [1.29, 1.82) is 0 Å². The van der Waals surface area contributed by atoms with Gasteiger partial charge in [-0.25, -0.2) is 0 Å². The van der Waals surface area contributed by atoms with E-state index in [1.165, 1.54) is 7.11 Å². The third-order valence-corrected chi connectivity index (χ3v) is 8.33. The molecule has 4 aromatic rings. The quantitative estimate of drug-likeness (QED) is 0.127. The highest BCUT2D eigenvalue weighted by atomic mass is 32.2. The molecule has 8 nitrogen and oxygen atoms in total. The molecule has 1 fully saturated rings. The molecule has 1 heterocycles. The molecule has 12 heteroatoms. The molecular weight excluding hydrogens is 613 g/mol. The maximum Gasteiger partial charge on any atom is 0.523 e. The molecule has 0 radical (unpaired) electrons.